The van der Waals surface area contributed by atoms with Crippen LogP contribution in [0, 0.1) is 24.0 Å². The summed E-state index contributed by atoms with van der Waals surface area (Å²) in [5.74, 6) is 0. The third kappa shape index (κ3) is 2.71. The van der Waals surface area contributed by atoms with Crippen molar-refractivity contribution in [3.05, 3.63) is 63.8 Å². The number of H-pyrrole nitrogens is 1. The van der Waals surface area contributed by atoms with Crippen LogP contribution in [0.5, 0.6) is 0 Å². The van der Waals surface area contributed by atoms with E-state index >= 15 is 0 Å². The van der Waals surface area contributed by atoms with Crippen LogP contribution in [0.4, 0.5) is 11.4 Å². The molecule has 0 saturated heterocycles. The van der Waals surface area contributed by atoms with Gasteiger partial charge in [-0.2, -0.15) is 0 Å². The molecule has 0 radical (unpaired) electrons. The largest absolute Gasteiger partial charge is 0.360 e. The average molecular weight is 345 g/mol. The monoisotopic (exact) mass is 345 g/mol. The Balaban J connectivity index is 2.12. The highest BCUT2D eigenvalue weighted by molar-refractivity contribution is 7.93. The topological polar surface area (TPSA) is 105 Å². The second kappa shape index (κ2) is 5.64. The third-order valence-electron chi connectivity index (χ3n) is 3.85. The van der Waals surface area contributed by atoms with Gasteiger partial charge in [0.1, 0.15) is 4.90 Å². The summed E-state index contributed by atoms with van der Waals surface area (Å²) >= 11 is 0. The van der Waals surface area contributed by atoms with E-state index in [1.165, 1.54) is 24.4 Å². The molecule has 24 heavy (non-hydrogen) atoms. The number of benzene rings is 2. The summed E-state index contributed by atoms with van der Waals surface area (Å²) in [5.41, 5.74) is 2.46. The standard InChI is InChI=1S/C16H15N3O4S/c1-10-4-3-5-11(2)16(10)18-24(22,23)15-9-17-14-7-6-12(19(20)21)8-13(14)15/h3-9,17-18H,1-2H3. The normalized spacial score (nSPS) is 11.6. The van der Waals surface area contributed by atoms with E-state index in [2.05, 4.69) is 9.71 Å². The molecule has 2 aromatic carbocycles. The summed E-state index contributed by atoms with van der Waals surface area (Å²) < 4.78 is 28.1. The summed E-state index contributed by atoms with van der Waals surface area (Å²) in [6.07, 6.45) is 1.34. The van der Waals surface area contributed by atoms with Gasteiger partial charge in [-0.05, 0) is 31.0 Å². The molecule has 0 bridgehead atoms. The number of nitrogens with zero attached hydrogens (tertiary/aromatic N) is 1. The van der Waals surface area contributed by atoms with E-state index in [0.717, 1.165) is 11.1 Å². The first kappa shape index (κ1) is 16.0. The van der Waals surface area contributed by atoms with Crippen molar-refractivity contribution in [3.63, 3.8) is 0 Å². The number of para-hydroxylation sites is 1. The molecule has 8 heteroatoms. The highest BCUT2D eigenvalue weighted by Gasteiger charge is 2.22. The Labute approximate surface area is 138 Å². The quantitative estimate of drug-likeness (QED) is 0.557. The van der Waals surface area contributed by atoms with Crippen LogP contribution in [0.1, 0.15) is 11.1 Å². The molecular weight excluding hydrogens is 330 g/mol. The minimum absolute atomic E-state index is 0.0242. The molecule has 0 aliphatic carbocycles. The molecular formula is C16H15N3O4S. The van der Waals surface area contributed by atoms with E-state index in [-0.39, 0.29) is 16.0 Å². The van der Waals surface area contributed by atoms with Crippen LogP contribution < -0.4 is 4.72 Å². The van der Waals surface area contributed by atoms with Gasteiger partial charge in [-0.15, -0.1) is 0 Å². The summed E-state index contributed by atoms with van der Waals surface area (Å²) in [7, 11) is -3.89. The van der Waals surface area contributed by atoms with Gasteiger partial charge in [-0.1, -0.05) is 18.2 Å². The second-order valence-electron chi connectivity index (χ2n) is 5.51. The number of hydrogen-bond acceptors (Lipinski definition) is 4. The minimum atomic E-state index is -3.89. The van der Waals surface area contributed by atoms with E-state index < -0.39 is 14.9 Å². The number of anilines is 1. The van der Waals surface area contributed by atoms with Gasteiger partial charge >= 0.3 is 0 Å². The van der Waals surface area contributed by atoms with Gasteiger partial charge in [0.15, 0.2) is 0 Å². The van der Waals surface area contributed by atoms with E-state index in [0.29, 0.717) is 11.2 Å². The lowest BCUT2D eigenvalue weighted by Gasteiger charge is -2.12. The number of aromatic amines is 1. The summed E-state index contributed by atoms with van der Waals surface area (Å²) in [5, 5.41) is 11.2. The zero-order valence-corrected chi connectivity index (χ0v) is 13.8. The zero-order valence-electron chi connectivity index (χ0n) is 13.0. The number of aryl methyl sites for hydroxylation is 2. The van der Waals surface area contributed by atoms with Gasteiger partial charge in [-0.25, -0.2) is 8.42 Å². The van der Waals surface area contributed by atoms with Gasteiger partial charge in [-0.3, -0.25) is 14.8 Å². The van der Waals surface area contributed by atoms with Crippen molar-refractivity contribution in [3.8, 4) is 0 Å². The van der Waals surface area contributed by atoms with Crippen LogP contribution in [0.3, 0.4) is 0 Å². The molecule has 0 atom stereocenters. The van der Waals surface area contributed by atoms with Crippen LogP contribution in [-0.2, 0) is 10.0 Å². The second-order valence-corrected chi connectivity index (χ2v) is 7.16. The Morgan fingerprint density at radius 2 is 1.79 bits per heavy atom. The van der Waals surface area contributed by atoms with Crippen LogP contribution in [0.15, 0.2) is 47.5 Å². The smallest absolute Gasteiger partial charge is 0.270 e. The van der Waals surface area contributed by atoms with Gasteiger partial charge in [0.25, 0.3) is 15.7 Å². The highest BCUT2D eigenvalue weighted by atomic mass is 32.2. The van der Waals surface area contributed by atoms with Gasteiger partial charge < -0.3 is 4.98 Å². The molecule has 124 valence electrons. The summed E-state index contributed by atoms with van der Waals surface area (Å²) in [4.78, 5) is 13.2. The number of non-ortho nitro benzene ring substituents is 1. The van der Waals surface area contributed by atoms with Crippen LogP contribution in [0.2, 0.25) is 0 Å². The number of aromatic nitrogens is 1. The molecule has 0 amide bonds. The first-order valence-electron chi connectivity index (χ1n) is 7.14. The number of rotatable bonds is 4. The Bertz CT molecular complexity index is 1030. The van der Waals surface area contributed by atoms with Crippen molar-refractivity contribution < 1.29 is 13.3 Å². The minimum Gasteiger partial charge on any atom is -0.360 e. The van der Waals surface area contributed by atoms with Gasteiger partial charge in [0.2, 0.25) is 0 Å². The number of nitro groups is 1. The molecule has 1 heterocycles. The van der Waals surface area contributed by atoms with E-state index in [9.17, 15) is 18.5 Å². The predicted molar refractivity (Wildman–Crippen MR) is 91.7 cm³/mol. The predicted octanol–water partition coefficient (Wildman–Crippen LogP) is 3.49. The summed E-state index contributed by atoms with van der Waals surface area (Å²) in [6, 6.07) is 9.54. The van der Waals surface area contributed by atoms with Crippen molar-refractivity contribution in [2.24, 2.45) is 0 Å². The molecule has 3 aromatic rings. The Morgan fingerprint density at radius 3 is 2.42 bits per heavy atom. The first-order chi connectivity index (χ1) is 11.3. The van der Waals surface area contributed by atoms with E-state index in [1.54, 1.807) is 0 Å². The number of nitrogens with one attached hydrogen (secondary N) is 2. The molecule has 0 fully saturated rings. The average Bonchev–Trinajstić information content (AvgIpc) is 2.95. The van der Waals surface area contributed by atoms with Crippen molar-refractivity contribution in [1.29, 1.82) is 0 Å². The van der Waals surface area contributed by atoms with Crippen molar-refractivity contribution in [2.75, 3.05) is 4.72 Å². The lowest BCUT2D eigenvalue weighted by atomic mass is 10.1. The molecule has 2 N–H and O–H groups in total. The van der Waals surface area contributed by atoms with E-state index in [1.807, 2.05) is 32.0 Å². The van der Waals surface area contributed by atoms with Crippen LogP contribution in [-0.4, -0.2) is 18.3 Å². The SMILES string of the molecule is Cc1cccc(C)c1NS(=O)(=O)c1c[nH]c2ccc([N+](=O)[O-])cc12. The van der Waals surface area contributed by atoms with Crippen LogP contribution in [0.25, 0.3) is 10.9 Å². The fraction of sp³-hybridized carbons (Fsp3) is 0.125. The molecule has 0 aliphatic rings. The lowest BCUT2D eigenvalue weighted by molar-refractivity contribution is -0.384. The molecule has 7 nitrogen and oxygen atoms in total. The molecule has 3 rings (SSSR count). The number of fused-ring (bicyclic) bond motifs is 1. The Morgan fingerprint density at radius 1 is 1.12 bits per heavy atom. The van der Waals surface area contributed by atoms with Crippen molar-refractivity contribution in [1.82, 2.24) is 4.98 Å². The van der Waals surface area contributed by atoms with Crippen molar-refractivity contribution >= 4 is 32.3 Å². The number of nitro benzene ring substituents is 1. The highest BCUT2D eigenvalue weighted by Crippen LogP contribution is 2.29. The maximum atomic E-state index is 12.8. The molecule has 0 saturated carbocycles. The first-order valence-corrected chi connectivity index (χ1v) is 8.62. The molecule has 0 unspecified atom stereocenters. The van der Waals surface area contributed by atoms with Crippen LogP contribution >= 0.6 is 0 Å². The summed E-state index contributed by atoms with van der Waals surface area (Å²) in [6.45, 7) is 3.62. The van der Waals surface area contributed by atoms with Crippen molar-refractivity contribution in [2.45, 2.75) is 18.7 Å². The molecule has 0 spiro atoms. The fourth-order valence-corrected chi connectivity index (χ4v) is 3.96. The fourth-order valence-electron chi connectivity index (χ4n) is 2.58. The number of sulfonamides is 1. The van der Waals surface area contributed by atoms with E-state index in [4.69, 9.17) is 0 Å². The number of hydrogen-bond donors (Lipinski definition) is 2. The third-order valence-corrected chi connectivity index (χ3v) is 5.23. The van der Waals surface area contributed by atoms with Gasteiger partial charge in [0.05, 0.1) is 10.6 Å². The molecule has 1 aromatic heterocycles. The molecule has 0 aliphatic heterocycles. The lowest BCUT2D eigenvalue weighted by Crippen LogP contribution is -2.14. The maximum absolute atomic E-state index is 12.8. The zero-order chi connectivity index (χ0) is 17.5. The van der Waals surface area contributed by atoms with Gasteiger partial charge in [0, 0.05) is 29.2 Å². The Hall–Kier alpha value is -2.87. The Kier molecular flexibility index (Phi) is 3.76. The maximum Gasteiger partial charge on any atom is 0.270 e.